The summed E-state index contributed by atoms with van der Waals surface area (Å²) in [5.74, 6) is 0.654. The van der Waals surface area contributed by atoms with E-state index in [1.54, 1.807) is 0 Å². The number of hydrogen-bond acceptors (Lipinski definition) is 6. The Labute approximate surface area is 103 Å². The first-order valence-electron chi connectivity index (χ1n) is 5.43. The second-order valence-electron chi connectivity index (χ2n) is 3.94. The minimum Gasteiger partial charge on any atom is -0.394 e. The maximum atomic E-state index is 9.40. The molecule has 0 aliphatic carbocycles. The van der Waals surface area contributed by atoms with Crippen LogP contribution in [-0.4, -0.2) is 38.9 Å². The van der Waals surface area contributed by atoms with E-state index in [2.05, 4.69) is 15.3 Å². The Morgan fingerprint density at radius 3 is 2.76 bits per heavy atom. The number of fused-ring (bicyclic) bond motifs is 1. The smallest absolute Gasteiger partial charge is 0.138 e. The molecule has 0 fully saturated rings. The predicted molar refractivity (Wildman–Crippen MR) is 68.2 cm³/mol. The zero-order valence-corrected chi connectivity index (χ0v) is 10.4. The molecule has 0 saturated carbocycles. The molecule has 0 atom stereocenters. The van der Waals surface area contributed by atoms with Gasteiger partial charge in [0, 0.05) is 0 Å². The number of nitrogens with one attached hydrogen (secondary N) is 1. The summed E-state index contributed by atoms with van der Waals surface area (Å²) < 4.78 is 0. The Balaban J connectivity index is 2.37. The first kappa shape index (κ1) is 12.2. The van der Waals surface area contributed by atoms with Gasteiger partial charge in [0.2, 0.25) is 0 Å². The molecule has 5 nitrogen and oxygen atoms in total. The molecule has 0 saturated heterocycles. The monoisotopic (exact) mass is 253 g/mol. The lowest BCUT2D eigenvalue weighted by Crippen LogP contribution is -2.45. The predicted octanol–water partition coefficient (Wildman–Crippen LogP) is 1.24. The second kappa shape index (κ2) is 4.95. The van der Waals surface area contributed by atoms with Crippen LogP contribution in [0.25, 0.3) is 10.2 Å². The van der Waals surface area contributed by atoms with Crippen molar-refractivity contribution in [1.82, 2.24) is 9.97 Å². The molecule has 0 aliphatic rings. The molecule has 0 spiro atoms. The van der Waals surface area contributed by atoms with E-state index in [1.807, 2.05) is 18.4 Å². The van der Waals surface area contributed by atoms with Crippen LogP contribution in [0.3, 0.4) is 0 Å². The molecular weight excluding hydrogens is 238 g/mol. The highest BCUT2D eigenvalue weighted by Gasteiger charge is 2.27. The van der Waals surface area contributed by atoms with Crippen molar-refractivity contribution in [2.75, 3.05) is 18.5 Å². The van der Waals surface area contributed by atoms with Crippen molar-refractivity contribution in [3.05, 3.63) is 17.8 Å². The number of aliphatic hydroxyl groups excluding tert-OH is 2. The van der Waals surface area contributed by atoms with Gasteiger partial charge in [0.25, 0.3) is 0 Å². The van der Waals surface area contributed by atoms with E-state index in [9.17, 15) is 10.2 Å². The lowest BCUT2D eigenvalue weighted by molar-refractivity contribution is 0.132. The fourth-order valence-electron chi connectivity index (χ4n) is 1.58. The summed E-state index contributed by atoms with van der Waals surface area (Å²) in [6, 6.07) is 1.93. The summed E-state index contributed by atoms with van der Waals surface area (Å²) in [5, 5.41) is 24.8. The Kier molecular flexibility index (Phi) is 3.56. The van der Waals surface area contributed by atoms with Crippen LogP contribution in [0.1, 0.15) is 13.3 Å². The van der Waals surface area contributed by atoms with E-state index in [1.165, 1.54) is 17.7 Å². The van der Waals surface area contributed by atoms with Crippen molar-refractivity contribution in [3.63, 3.8) is 0 Å². The van der Waals surface area contributed by atoms with Crippen LogP contribution < -0.4 is 5.32 Å². The Hall–Kier alpha value is -1.24. The zero-order valence-electron chi connectivity index (χ0n) is 9.55. The van der Waals surface area contributed by atoms with E-state index in [-0.39, 0.29) is 13.2 Å². The van der Waals surface area contributed by atoms with Gasteiger partial charge >= 0.3 is 0 Å². The average Bonchev–Trinajstić information content (AvgIpc) is 2.85. The maximum absolute atomic E-state index is 9.40. The van der Waals surface area contributed by atoms with Gasteiger partial charge in [0.15, 0.2) is 0 Å². The number of anilines is 1. The van der Waals surface area contributed by atoms with Gasteiger partial charge in [-0.25, -0.2) is 9.97 Å². The molecule has 92 valence electrons. The quantitative estimate of drug-likeness (QED) is 0.747. The first-order valence-corrected chi connectivity index (χ1v) is 6.31. The van der Waals surface area contributed by atoms with Crippen molar-refractivity contribution in [2.45, 2.75) is 18.9 Å². The number of hydrogen-bond donors (Lipinski definition) is 3. The van der Waals surface area contributed by atoms with Crippen LogP contribution in [0.15, 0.2) is 17.8 Å². The summed E-state index contributed by atoms with van der Waals surface area (Å²) in [6.07, 6.45) is 2.09. The topological polar surface area (TPSA) is 78.3 Å². The van der Waals surface area contributed by atoms with Crippen LogP contribution in [0.2, 0.25) is 0 Å². The van der Waals surface area contributed by atoms with Crippen molar-refractivity contribution < 1.29 is 10.2 Å². The number of aliphatic hydroxyl groups is 2. The Morgan fingerprint density at radius 2 is 2.12 bits per heavy atom. The van der Waals surface area contributed by atoms with E-state index < -0.39 is 5.54 Å². The second-order valence-corrected chi connectivity index (χ2v) is 4.83. The van der Waals surface area contributed by atoms with E-state index >= 15 is 0 Å². The SMILES string of the molecule is CCC(CO)(CO)Nc1ncnc2sccc12. The molecule has 0 radical (unpaired) electrons. The highest BCUT2D eigenvalue weighted by Crippen LogP contribution is 2.26. The summed E-state index contributed by atoms with van der Waals surface area (Å²) in [4.78, 5) is 9.21. The van der Waals surface area contributed by atoms with Gasteiger partial charge in [-0.05, 0) is 17.9 Å². The lowest BCUT2D eigenvalue weighted by Gasteiger charge is -2.30. The highest BCUT2D eigenvalue weighted by atomic mass is 32.1. The third kappa shape index (κ3) is 2.24. The van der Waals surface area contributed by atoms with E-state index in [0.29, 0.717) is 12.2 Å². The fraction of sp³-hybridized carbons (Fsp3) is 0.455. The molecule has 2 aromatic rings. The molecule has 0 aliphatic heterocycles. The molecule has 2 heterocycles. The van der Waals surface area contributed by atoms with Crippen molar-refractivity contribution in [1.29, 1.82) is 0 Å². The van der Waals surface area contributed by atoms with Crippen LogP contribution in [-0.2, 0) is 0 Å². The third-order valence-corrected chi connectivity index (χ3v) is 3.75. The highest BCUT2D eigenvalue weighted by molar-refractivity contribution is 7.16. The molecule has 0 amide bonds. The minimum absolute atomic E-state index is 0.143. The number of nitrogens with zero attached hydrogens (tertiary/aromatic N) is 2. The third-order valence-electron chi connectivity index (χ3n) is 2.93. The van der Waals surface area contributed by atoms with Crippen molar-refractivity contribution in [2.24, 2.45) is 0 Å². The molecular formula is C11H15N3O2S. The zero-order chi connectivity index (χ0) is 12.3. The molecule has 0 bridgehead atoms. The van der Waals surface area contributed by atoms with Crippen LogP contribution >= 0.6 is 11.3 Å². The van der Waals surface area contributed by atoms with Crippen LogP contribution in [0.5, 0.6) is 0 Å². The summed E-state index contributed by atoms with van der Waals surface area (Å²) in [7, 11) is 0. The van der Waals surface area contributed by atoms with Gasteiger partial charge in [-0.3, -0.25) is 0 Å². The van der Waals surface area contributed by atoms with Crippen LogP contribution in [0.4, 0.5) is 5.82 Å². The molecule has 17 heavy (non-hydrogen) atoms. The van der Waals surface area contributed by atoms with Gasteiger partial charge in [0.05, 0.1) is 24.1 Å². The Morgan fingerprint density at radius 1 is 1.35 bits per heavy atom. The minimum atomic E-state index is -0.733. The molecule has 0 aromatic carbocycles. The summed E-state index contributed by atoms with van der Waals surface area (Å²) >= 11 is 1.53. The van der Waals surface area contributed by atoms with Gasteiger partial charge < -0.3 is 15.5 Å². The number of aromatic nitrogens is 2. The fourth-order valence-corrected chi connectivity index (χ4v) is 2.31. The van der Waals surface area contributed by atoms with Gasteiger partial charge in [-0.15, -0.1) is 11.3 Å². The molecule has 2 rings (SSSR count). The van der Waals surface area contributed by atoms with Crippen molar-refractivity contribution in [3.8, 4) is 0 Å². The standard InChI is InChI=1S/C11H15N3O2S/c1-2-11(5-15,6-16)14-9-8-3-4-17-10(8)13-7-12-9/h3-4,7,15-16H,2,5-6H2,1H3,(H,12,13,14). The Bertz CT molecular complexity index is 488. The lowest BCUT2D eigenvalue weighted by atomic mass is 9.98. The number of thiophene rings is 1. The van der Waals surface area contributed by atoms with Gasteiger partial charge in [-0.2, -0.15) is 0 Å². The van der Waals surface area contributed by atoms with Crippen LogP contribution in [0, 0.1) is 0 Å². The molecule has 6 heteroatoms. The van der Waals surface area contributed by atoms with Gasteiger partial charge in [0.1, 0.15) is 17.0 Å². The average molecular weight is 253 g/mol. The molecule has 0 unspecified atom stereocenters. The molecule has 3 N–H and O–H groups in total. The normalized spacial score (nSPS) is 11.9. The first-order chi connectivity index (χ1) is 8.24. The van der Waals surface area contributed by atoms with Gasteiger partial charge in [-0.1, -0.05) is 6.92 Å². The van der Waals surface area contributed by atoms with E-state index in [0.717, 1.165) is 10.2 Å². The summed E-state index contributed by atoms with van der Waals surface area (Å²) in [6.45, 7) is 1.62. The van der Waals surface area contributed by atoms with E-state index in [4.69, 9.17) is 0 Å². The molecule has 2 aromatic heterocycles. The number of rotatable bonds is 5. The van der Waals surface area contributed by atoms with Crippen molar-refractivity contribution >= 4 is 27.4 Å². The largest absolute Gasteiger partial charge is 0.394 e. The summed E-state index contributed by atoms with van der Waals surface area (Å²) in [5.41, 5.74) is -0.733. The maximum Gasteiger partial charge on any atom is 0.138 e.